The third kappa shape index (κ3) is 2.86. The Morgan fingerprint density at radius 2 is 2.12 bits per heavy atom. The van der Waals surface area contributed by atoms with Gasteiger partial charge in [0.2, 0.25) is 5.91 Å². The topological polar surface area (TPSA) is 86.5 Å². The van der Waals surface area contributed by atoms with E-state index in [1.54, 1.807) is 24.4 Å². The van der Waals surface area contributed by atoms with Gasteiger partial charge in [0.05, 0.1) is 11.7 Å². The smallest absolute Gasteiger partial charge is 0.326 e. The number of hydrogen-bond donors (Lipinski definition) is 3. The van der Waals surface area contributed by atoms with Crippen LogP contribution in [-0.4, -0.2) is 26.3 Å². The lowest BCUT2D eigenvalue weighted by Gasteiger charge is -2.22. The van der Waals surface area contributed by atoms with Gasteiger partial charge in [0.1, 0.15) is 0 Å². The van der Waals surface area contributed by atoms with Crippen LogP contribution in [-0.2, 0) is 23.8 Å². The molecular formula is C16H14F3N5O. The number of nitrogens with zero attached hydrogens (tertiary/aromatic N) is 2. The number of carbonyl (C=O) groups is 1. The summed E-state index contributed by atoms with van der Waals surface area (Å²) in [4.78, 5) is 12.5. The molecule has 0 radical (unpaired) electrons. The molecule has 1 atom stereocenters. The van der Waals surface area contributed by atoms with Gasteiger partial charge in [0, 0.05) is 28.2 Å². The molecule has 0 bridgehead atoms. The molecule has 0 fully saturated rings. The van der Waals surface area contributed by atoms with Crippen LogP contribution >= 0.6 is 0 Å². The van der Waals surface area contributed by atoms with Crippen molar-refractivity contribution in [3.63, 3.8) is 0 Å². The SMILES string of the molecule is O=C(Nc1ccc2[nH]ncc2c1)C1CCc2[nH]nc(C(F)(F)F)c2C1. The number of halogens is 3. The van der Waals surface area contributed by atoms with Crippen LogP contribution in [0.2, 0.25) is 0 Å². The van der Waals surface area contributed by atoms with Gasteiger partial charge < -0.3 is 5.32 Å². The van der Waals surface area contributed by atoms with E-state index in [9.17, 15) is 18.0 Å². The zero-order valence-corrected chi connectivity index (χ0v) is 12.9. The number of carbonyl (C=O) groups excluding carboxylic acids is 1. The number of hydrogen-bond acceptors (Lipinski definition) is 3. The molecule has 0 saturated heterocycles. The summed E-state index contributed by atoms with van der Waals surface area (Å²) >= 11 is 0. The number of fused-ring (bicyclic) bond motifs is 2. The molecule has 1 aliphatic carbocycles. The summed E-state index contributed by atoms with van der Waals surface area (Å²) < 4.78 is 39.0. The van der Waals surface area contributed by atoms with Crippen molar-refractivity contribution in [2.45, 2.75) is 25.4 Å². The lowest BCUT2D eigenvalue weighted by atomic mass is 9.85. The molecule has 1 aliphatic rings. The molecule has 2 aromatic heterocycles. The van der Waals surface area contributed by atoms with Gasteiger partial charge in [-0.3, -0.25) is 15.0 Å². The van der Waals surface area contributed by atoms with Gasteiger partial charge in [0.25, 0.3) is 0 Å². The van der Waals surface area contributed by atoms with Crippen LogP contribution in [0, 0.1) is 5.92 Å². The zero-order valence-electron chi connectivity index (χ0n) is 12.9. The maximum absolute atomic E-state index is 13.0. The summed E-state index contributed by atoms with van der Waals surface area (Å²) in [6.45, 7) is 0. The summed E-state index contributed by atoms with van der Waals surface area (Å²) in [5, 5.41) is 16.2. The molecule has 4 rings (SSSR count). The summed E-state index contributed by atoms with van der Waals surface area (Å²) in [6, 6.07) is 5.28. The Kier molecular flexibility index (Phi) is 3.52. The minimum absolute atomic E-state index is 0.0282. The number of H-pyrrole nitrogens is 2. The fourth-order valence-corrected chi connectivity index (χ4v) is 3.22. The number of alkyl halides is 3. The minimum Gasteiger partial charge on any atom is -0.326 e. The van der Waals surface area contributed by atoms with Crippen molar-refractivity contribution in [1.29, 1.82) is 0 Å². The van der Waals surface area contributed by atoms with Crippen molar-refractivity contribution < 1.29 is 18.0 Å². The van der Waals surface area contributed by atoms with Gasteiger partial charge in [-0.2, -0.15) is 23.4 Å². The molecule has 1 aromatic carbocycles. The van der Waals surface area contributed by atoms with Crippen molar-refractivity contribution in [3.8, 4) is 0 Å². The Morgan fingerprint density at radius 3 is 2.92 bits per heavy atom. The van der Waals surface area contributed by atoms with E-state index < -0.39 is 17.8 Å². The molecule has 1 amide bonds. The first-order valence-electron chi connectivity index (χ1n) is 7.79. The number of benzene rings is 1. The van der Waals surface area contributed by atoms with Gasteiger partial charge in [0.15, 0.2) is 5.69 Å². The van der Waals surface area contributed by atoms with Crippen molar-refractivity contribution in [2.24, 2.45) is 5.92 Å². The molecule has 130 valence electrons. The second kappa shape index (κ2) is 5.61. The highest BCUT2D eigenvalue weighted by molar-refractivity contribution is 5.95. The van der Waals surface area contributed by atoms with Crippen LogP contribution in [0.25, 0.3) is 10.9 Å². The minimum atomic E-state index is -4.52. The Hall–Kier alpha value is -2.84. The van der Waals surface area contributed by atoms with Gasteiger partial charge in [-0.25, -0.2) is 0 Å². The van der Waals surface area contributed by atoms with Crippen molar-refractivity contribution in [2.75, 3.05) is 5.32 Å². The molecule has 2 heterocycles. The van der Waals surface area contributed by atoms with Crippen LogP contribution in [0.5, 0.6) is 0 Å². The van der Waals surface area contributed by atoms with Gasteiger partial charge in [-0.05, 0) is 37.5 Å². The maximum Gasteiger partial charge on any atom is 0.435 e. The molecule has 25 heavy (non-hydrogen) atoms. The van der Waals surface area contributed by atoms with Crippen molar-refractivity contribution >= 4 is 22.5 Å². The van der Waals surface area contributed by atoms with Crippen molar-refractivity contribution in [1.82, 2.24) is 20.4 Å². The van der Waals surface area contributed by atoms with E-state index in [4.69, 9.17) is 0 Å². The highest BCUT2D eigenvalue weighted by atomic mass is 19.4. The predicted octanol–water partition coefficient (Wildman–Crippen LogP) is 3.05. The van der Waals surface area contributed by atoms with Gasteiger partial charge >= 0.3 is 6.18 Å². The number of amides is 1. The van der Waals surface area contributed by atoms with E-state index in [1.165, 1.54) is 0 Å². The summed E-state index contributed by atoms with van der Waals surface area (Å²) in [5.74, 6) is -0.811. The van der Waals surface area contributed by atoms with Crippen LogP contribution < -0.4 is 5.32 Å². The summed E-state index contributed by atoms with van der Waals surface area (Å²) in [6.07, 6.45) is -2.00. The van der Waals surface area contributed by atoms with Crippen LogP contribution in [0.1, 0.15) is 23.4 Å². The van der Waals surface area contributed by atoms with Crippen LogP contribution in [0.4, 0.5) is 18.9 Å². The Labute approximate surface area is 139 Å². The van der Waals surface area contributed by atoms with Crippen LogP contribution in [0.15, 0.2) is 24.4 Å². The first kappa shape index (κ1) is 15.7. The molecule has 6 nitrogen and oxygen atoms in total. The van der Waals surface area contributed by atoms with E-state index in [-0.39, 0.29) is 17.9 Å². The molecule has 3 aromatic rings. The van der Waals surface area contributed by atoms with E-state index >= 15 is 0 Å². The summed E-state index contributed by atoms with van der Waals surface area (Å²) in [5.41, 5.74) is 1.08. The lowest BCUT2D eigenvalue weighted by molar-refractivity contribution is -0.142. The first-order chi connectivity index (χ1) is 11.9. The molecule has 0 aliphatic heterocycles. The second-order valence-corrected chi connectivity index (χ2v) is 6.13. The number of rotatable bonds is 2. The van der Waals surface area contributed by atoms with Crippen molar-refractivity contribution in [3.05, 3.63) is 41.3 Å². The van der Waals surface area contributed by atoms with E-state index in [0.29, 0.717) is 24.2 Å². The Balaban J connectivity index is 1.52. The monoisotopic (exact) mass is 349 g/mol. The molecule has 1 unspecified atom stereocenters. The predicted molar refractivity (Wildman–Crippen MR) is 83.8 cm³/mol. The third-order valence-electron chi connectivity index (χ3n) is 4.49. The third-order valence-corrected chi connectivity index (χ3v) is 4.49. The zero-order chi connectivity index (χ0) is 17.6. The van der Waals surface area contributed by atoms with E-state index in [2.05, 4.69) is 25.7 Å². The lowest BCUT2D eigenvalue weighted by Crippen LogP contribution is -2.29. The Morgan fingerprint density at radius 1 is 1.28 bits per heavy atom. The quantitative estimate of drug-likeness (QED) is 0.665. The highest BCUT2D eigenvalue weighted by Gasteiger charge is 2.40. The number of aromatic nitrogens is 4. The average Bonchev–Trinajstić information content (AvgIpc) is 3.19. The molecule has 0 spiro atoms. The second-order valence-electron chi connectivity index (χ2n) is 6.13. The van der Waals surface area contributed by atoms with Crippen LogP contribution in [0.3, 0.4) is 0 Å². The van der Waals surface area contributed by atoms with E-state index in [1.807, 2.05) is 0 Å². The number of anilines is 1. The molecule has 3 N–H and O–H groups in total. The fraction of sp³-hybridized carbons (Fsp3) is 0.312. The molecule has 0 saturated carbocycles. The summed E-state index contributed by atoms with van der Waals surface area (Å²) in [7, 11) is 0. The number of aromatic amines is 2. The fourth-order valence-electron chi connectivity index (χ4n) is 3.22. The highest BCUT2D eigenvalue weighted by Crippen LogP contribution is 2.36. The molecular weight excluding hydrogens is 335 g/mol. The largest absolute Gasteiger partial charge is 0.435 e. The maximum atomic E-state index is 13.0. The average molecular weight is 349 g/mol. The number of aryl methyl sites for hydroxylation is 1. The Bertz CT molecular complexity index is 943. The molecule has 9 heteroatoms. The van der Waals surface area contributed by atoms with Gasteiger partial charge in [-0.1, -0.05) is 0 Å². The normalized spacial score (nSPS) is 17.5. The van der Waals surface area contributed by atoms with Gasteiger partial charge in [-0.15, -0.1) is 0 Å². The van der Waals surface area contributed by atoms with E-state index in [0.717, 1.165) is 10.9 Å². The number of nitrogens with one attached hydrogen (secondary N) is 3. The standard InChI is InChI=1S/C16H14F3N5O/c17-16(18,19)14-11-6-8(1-3-13(11)23-24-14)15(25)21-10-2-4-12-9(5-10)7-20-22-12/h2,4-5,7-8H,1,3,6H2,(H,20,22)(H,21,25)(H,23,24). The first-order valence-corrected chi connectivity index (χ1v) is 7.79.